The van der Waals surface area contributed by atoms with E-state index in [0.29, 0.717) is 11.3 Å². The van der Waals surface area contributed by atoms with Crippen molar-refractivity contribution in [3.8, 4) is 0 Å². The maximum atomic E-state index is 11.9. The van der Waals surface area contributed by atoms with Crippen LogP contribution in [0.15, 0.2) is 24.3 Å². The number of amides is 3. The van der Waals surface area contributed by atoms with Crippen LogP contribution in [-0.4, -0.2) is 29.6 Å². The number of carbonyl (C=O) groups is 3. The summed E-state index contributed by atoms with van der Waals surface area (Å²) in [5.41, 5.74) is 5.67. The molecule has 0 saturated carbocycles. The van der Waals surface area contributed by atoms with E-state index in [-0.39, 0.29) is 0 Å². The molecule has 7 heteroatoms. The molecular weight excluding hydrogens is 286 g/mol. The van der Waals surface area contributed by atoms with Crippen molar-refractivity contribution in [2.24, 2.45) is 0 Å². The molecule has 120 valence electrons. The molecule has 0 aromatic heterocycles. The fourth-order valence-electron chi connectivity index (χ4n) is 1.48. The number of anilines is 1. The largest absolute Gasteiger partial charge is 0.444 e. The molecule has 1 aromatic carbocycles. The SMILES string of the molecule is CC(NC(=O)OC(C)(C)C)C(=O)NC(=O)c1ccc(N)cc1. The number of benzene rings is 1. The topological polar surface area (TPSA) is 111 Å². The minimum atomic E-state index is -0.910. The van der Waals surface area contributed by atoms with E-state index in [1.165, 1.54) is 19.1 Å². The van der Waals surface area contributed by atoms with Crippen molar-refractivity contribution in [2.45, 2.75) is 39.3 Å². The first-order chi connectivity index (χ1) is 10.1. The molecule has 0 spiro atoms. The number of hydrogen-bond donors (Lipinski definition) is 3. The molecule has 0 radical (unpaired) electrons. The summed E-state index contributed by atoms with van der Waals surface area (Å²) in [6.45, 7) is 6.58. The third-order valence-corrected chi connectivity index (χ3v) is 2.54. The molecule has 1 rings (SSSR count). The van der Waals surface area contributed by atoms with E-state index >= 15 is 0 Å². The number of nitrogens with two attached hydrogens (primary N) is 1. The molecule has 0 saturated heterocycles. The molecule has 1 unspecified atom stereocenters. The molecule has 4 N–H and O–H groups in total. The molecule has 7 nitrogen and oxygen atoms in total. The van der Waals surface area contributed by atoms with Crippen molar-refractivity contribution in [3.05, 3.63) is 29.8 Å². The molecule has 0 aliphatic rings. The summed E-state index contributed by atoms with van der Waals surface area (Å²) in [7, 11) is 0. The number of alkyl carbamates (subject to hydrolysis) is 1. The summed E-state index contributed by atoms with van der Waals surface area (Å²) in [5.74, 6) is -1.20. The maximum absolute atomic E-state index is 11.9. The van der Waals surface area contributed by atoms with Gasteiger partial charge >= 0.3 is 6.09 Å². The maximum Gasteiger partial charge on any atom is 0.408 e. The van der Waals surface area contributed by atoms with Gasteiger partial charge < -0.3 is 15.8 Å². The van der Waals surface area contributed by atoms with E-state index in [1.807, 2.05) is 0 Å². The lowest BCUT2D eigenvalue weighted by molar-refractivity contribution is -0.121. The van der Waals surface area contributed by atoms with Crippen molar-refractivity contribution in [3.63, 3.8) is 0 Å². The number of carbonyl (C=O) groups excluding carboxylic acids is 3. The van der Waals surface area contributed by atoms with Gasteiger partial charge in [0.05, 0.1) is 0 Å². The molecule has 0 fully saturated rings. The van der Waals surface area contributed by atoms with Gasteiger partial charge in [0.2, 0.25) is 5.91 Å². The summed E-state index contributed by atoms with van der Waals surface area (Å²) in [6, 6.07) is 5.21. The Hall–Kier alpha value is -2.57. The normalized spacial score (nSPS) is 12.2. The third-order valence-electron chi connectivity index (χ3n) is 2.54. The Kier molecular flexibility index (Phi) is 5.50. The zero-order valence-electron chi connectivity index (χ0n) is 13.1. The molecule has 22 heavy (non-hydrogen) atoms. The van der Waals surface area contributed by atoms with E-state index < -0.39 is 29.6 Å². The van der Waals surface area contributed by atoms with Gasteiger partial charge in [0, 0.05) is 11.3 Å². The second-order valence-corrected chi connectivity index (χ2v) is 5.81. The Morgan fingerprint density at radius 2 is 1.68 bits per heavy atom. The van der Waals surface area contributed by atoms with Gasteiger partial charge in [-0.25, -0.2) is 4.79 Å². The van der Waals surface area contributed by atoms with Gasteiger partial charge in [0.25, 0.3) is 5.91 Å². The van der Waals surface area contributed by atoms with Crippen LogP contribution >= 0.6 is 0 Å². The minimum absolute atomic E-state index is 0.298. The van der Waals surface area contributed by atoms with Crippen molar-refractivity contribution < 1.29 is 19.1 Å². The Balaban J connectivity index is 2.55. The molecule has 3 amide bonds. The van der Waals surface area contributed by atoms with Crippen LogP contribution in [0.3, 0.4) is 0 Å². The minimum Gasteiger partial charge on any atom is -0.444 e. The smallest absolute Gasteiger partial charge is 0.408 e. The third kappa shape index (κ3) is 5.82. The zero-order valence-corrected chi connectivity index (χ0v) is 13.1. The predicted octanol–water partition coefficient (Wildman–Crippen LogP) is 1.44. The second kappa shape index (κ2) is 6.93. The quantitative estimate of drug-likeness (QED) is 0.732. The number of rotatable bonds is 3. The van der Waals surface area contributed by atoms with Crippen molar-refractivity contribution >= 4 is 23.6 Å². The van der Waals surface area contributed by atoms with Crippen molar-refractivity contribution in [1.82, 2.24) is 10.6 Å². The highest BCUT2D eigenvalue weighted by Crippen LogP contribution is 2.07. The number of ether oxygens (including phenoxy) is 1. The van der Waals surface area contributed by atoms with Gasteiger partial charge in [-0.3, -0.25) is 14.9 Å². The molecule has 0 bridgehead atoms. The molecule has 0 heterocycles. The molecule has 0 aliphatic heterocycles. The van der Waals surface area contributed by atoms with Gasteiger partial charge in [0.1, 0.15) is 11.6 Å². The summed E-state index contributed by atoms with van der Waals surface area (Å²) in [4.78, 5) is 35.3. The summed E-state index contributed by atoms with van der Waals surface area (Å²) < 4.78 is 5.03. The standard InChI is InChI=1S/C15H21N3O4/c1-9(17-14(21)22-15(2,3)4)12(19)18-13(20)10-5-7-11(16)8-6-10/h5-9H,16H2,1-4H3,(H,17,21)(H,18,19,20). The van der Waals surface area contributed by atoms with Gasteiger partial charge in [-0.05, 0) is 52.0 Å². The van der Waals surface area contributed by atoms with Crippen LogP contribution in [0, 0.1) is 0 Å². The fraction of sp³-hybridized carbons (Fsp3) is 0.400. The molecule has 1 aromatic rings. The first-order valence-corrected chi connectivity index (χ1v) is 6.79. The van der Waals surface area contributed by atoms with E-state index in [0.717, 1.165) is 0 Å². The van der Waals surface area contributed by atoms with Gasteiger partial charge in [-0.2, -0.15) is 0 Å². The average molecular weight is 307 g/mol. The summed E-state index contributed by atoms with van der Waals surface area (Å²) in [5, 5.41) is 4.55. The fourth-order valence-corrected chi connectivity index (χ4v) is 1.48. The van der Waals surface area contributed by atoms with Crippen LogP contribution < -0.4 is 16.4 Å². The zero-order chi connectivity index (χ0) is 16.9. The summed E-state index contributed by atoms with van der Waals surface area (Å²) >= 11 is 0. The Labute approximate surface area is 129 Å². The van der Waals surface area contributed by atoms with Gasteiger partial charge in [0.15, 0.2) is 0 Å². The first-order valence-electron chi connectivity index (χ1n) is 6.79. The van der Waals surface area contributed by atoms with E-state index in [2.05, 4.69) is 10.6 Å². The molecular formula is C15H21N3O4. The highest BCUT2D eigenvalue weighted by Gasteiger charge is 2.22. The average Bonchev–Trinajstić information content (AvgIpc) is 2.36. The molecule has 1 atom stereocenters. The highest BCUT2D eigenvalue weighted by atomic mass is 16.6. The van der Waals surface area contributed by atoms with E-state index in [4.69, 9.17) is 10.5 Å². The lowest BCUT2D eigenvalue weighted by atomic mass is 10.2. The predicted molar refractivity (Wildman–Crippen MR) is 82.2 cm³/mol. The Morgan fingerprint density at radius 1 is 1.14 bits per heavy atom. The number of imide groups is 1. The van der Waals surface area contributed by atoms with Crippen LogP contribution in [0.4, 0.5) is 10.5 Å². The van der Waals surface area contributed by atoms with Crippen molar-refractivity contribution in [1.29, 1.82) is 0 Å². The summed E-state index contributed by atoms with van der Waals surface area (Å²) in [6.07, 6.45) is -0.727. The van der Waals surface area contributed by atoms with E-state index in [1.54, 1.807) is 32.9 Å². The van der Waals surface area contributed by atoms with Crippen LogP contribution in [0.2, 0.25) is 0 Å². The number of hydrogen-bond acceptors (Lipinski definition) is 5. The lowest BCUT2D eigenvalue weighted by Crippen LogP contribution is -2.48. The number of nitrogen functional groups attached to an aromatic ring is 1. The van der Waals surface area contributed by atoms with Crippen LogP contribution in [-0.2, 0) is 9.53 Å². The monoisotopic (exact) mass is 307 g/mol. The highest BCUT2D eigenvalue weighted by molar-refractivity contribution is 6.06. The van der Waals surface area contributed by atoms with Crippen molar-refractivity contribution in [2.75, 3.05) is 5.73 Å². The first kappa shape index (κ1) is 17.5. The van der Waals surface area contributed by atoms with E-state index in [9.17, 15) is 14.4 Å². The second-order valence-electron chi connectivity index (χ2n) is 5.81. The lowest BCUT2D eigenvalue weighted by Gasteiger charge is -2.21. The van der Waals surface area contributed by atoms with Gasteiger partial charge in [-0.1, -0.05) is 0 Å². The Bertz CT molecular complexity index is 561. The van der Waals surface area contributed by atoms with Crippen LogP contribution in [0.5, 0.6) is 0 Å². The number of nitrogens with one attached hydrogen (secondary N) is 2. The van der Waals surface area contributed by atoms with Crippen LogP contribution in [0.25, 0.3) is 0 Å². The van der Waals surface area contributed by atoms with Gasteiger partial charge in [-0.15, -0.1) is 0 Å². The van der Waals surface area contributed by atoms with Crippen LogP contribution in [0.1, 0.15) is 38.1 Å². The molecule has 0 aliphatic carbocycles. The Morgan fingerprint density at radius 3 is 2.18 bits per heavy atom.